The summed E-state index contributed by atoms with van der Waals surface area (Å²) >= 11 is 0. The van der Waals surface area contributed by atoms with Crippen molar-refractivity contribution in [3.8, 4) is 28.6 Å². The summed E-state index contributed by atoms with van der Waals surface area (Å²) in [7, 11) is 0. The molecular formula is C20H21N3O2. The minimum atomic E-state index is -0.00249. The number of hydrogen-bond acceptors (Lipinski definition) is 4. The molecule has 128 valence electrons. The van der Waals surface area contributed by atoms with Crippen molar-refractivity contribution >= 4 is 0 Å². The Balaban J connectivity index is 1.84. The largest absolute Gasteiger partial charge is 0.508 e. The third-order valence-corrected chi connectivity index (χ3v) is 4.92. The van der Waals surface area contributed by atoms with Gasteiger partial charge in [-0.25, -0.2) is 0 Å². The van der Waals surface area contributed by atoms with Gasteiger partial charge in [-0.1, -0.05) is 19.9 Å². The maximum Gasteiger partial charge on any atom is 0.172 e. The molecule has 0 atom stereocenters. The predicted octanol–water partition coefficient (Wildman–Crippen LogP) is 3.96. The van der Waals surface area contributed by atoms with Gasteiger partial charge in [0.25, 0.3) is 0 Å². The van der Waals surface area contributed by atoms with E-state index in [1.807, 2.05) is 18.4 Å². The van der Waals surface area contributed by atoms with Crippen LogP contribution in [0.1, 0.15) is 42.9 Å². The summed E-state index contributed by atoms with van der Waals surface area (Å²) in [5.74, 6) is 0.796. The molecule has 0 saturated heterocycles. The Morgan fingerprint density at radius 2 is 1.80 bits per heavy atom. The number of phenols is 2. The zero-order chi connectivity index (χ0) is 17.6. The second-order valence-electron chi connectivity index (χ2n) is 6.91. The van der Waals surface area contributed by atoms with Crippen LogP contribution < -0.4 is 0 Å². The highest BCUT2D eigenvalue weighted by Crippen LogP contribution is 2.37. The van der Waals surface area contributed by atoms with Crippen molar-refractivity contribution in [1.29, 1.82) is 0 Å². The number of nitrogens with zero attached hydrogens (tertiary/aromatic N) is 3. The van der Waals surface area contributed by atoms with E-state index in [0.29, 0.717) is 11.4 Å². The number of benzene rings is 2. The molecule has 0 fully saturated rings. The lowest BCUT2D eigenvalue weighted by Crippen LogP contribution is -1.99. The van der Waals surface area contributed by atoms with E-state index < -0.39 is 0 Å². The second-order valence-corrected chi connectivity index (χ2v) is 6.91. The van der Waals surface area contributed by atoms with Gasteiger partial charge in [0.2, 0.25) is 0 Å². The van der Waals surface area contributed by atoms with Crippen LogP contribution in [0.2, 0.25) is 0 Å². The van der Waals surface area contributed by atoms with Crippen LogP contribution in [0, 0.1) is 0 Å². The highest BCUT2D eigenvalue weighted by Gasteiger charge is 2.19. The van der Waals surface area contributed by atoms with Gasteiger partial charge in [-0.05, 0) is 60.1 Å². The first kappa shape index (κ1) is 15.7. The molecule has 25 heavy (non-hydrogen) atoms. The molecule has 0 saturated carbocycles. The van der Waals surface area contributed by atoms with E-state index in [4.69, 9.17) is 0 Å². The van der Waals surface area contributed by atoms with Crippen LogP contribution in [0.3, 0.4) is 0 Å². The summed E-state index contributed by atoms with van der Waals surface area (Å²) in [5, 5.41) is 28.7. The lowest BCUT2D eigenvalue weighted by atomic mass is 9.98. The molecule has 0 radical (unpaired) electrons. The molecule has 5 heteroatoms. The van der Waals surface area contributed by atoms with Crippen molar-refractivity contribution in [3.05, 3.63) is 53.3 Å². The molecular weight excluding hydrogens is 314 g/mol. The highest BCUT2D eigenvalue weighted by atomic mass is 16.3. The van der Waals surface area contributed by atoms with Gasteiger partial charge in [0.1, 0.15) is 17.8 Å². The van der Waals surface area contributed by atoms with Crippen molar-refractivity contribution in [2.45, 2.75) is 39.0 Å². The lowest BCUT2D eigenvalue weighted by molar-refractivity contribution is 0.444. The topological polar surface area (TPSA) is 71.2 Å². The first-order chi connectivity index (χ1) is 12.0. The Hall–Kier alpha value is -2.82. The Bertz CT molecular complexity index is 944. The average molecular weight is 335 g/mol. The van der Waals surface area contributed by atoms with Crippen LogP contribution >= 0.6 is 0 Å². The lowest BCUT2D eigenvalue weighted by Gasteiger charge is -2.14. The van der Waals surface area contributed by atoms with Crippen molar-refractivity contribution in [1.82, 2.24) is 14.8 Å². The van der Waals surface area contributed by atoms with Crippen molar-refractivity contribution in [3.63, 3.8) is 0 Å². The molecule has 1 aliphatic rings. The average Bonchev–Trinajstić information content (AvgIpc) is 3.22. The highest BCUT2D eigenvalue weighted by molar-refractivity contribution is 5.69. The molecule has 0 amide bonds. The van der Waals surface area contributed by atoms with Gasteiger partial charge in [-0.3, -0.25) is 4.57 Å². The van der Waals surface area contributed by atoms with E-state index in [0.717, 1.165) is 24.1 Å². The monoisotopic (exact) mass is 335 g/mol. The molecule has 4 rings (SSSR count). The second kappa shape index (κ2) is 5.92. The van der Waals surface area contributed by atoms with Crippen LogP contribution in [-0.2, 0) is 12.8 Å². The smallest absolute Gasteiger partial charge is 0.172 e. The molecule has 0 spiro atoms. The molecule has 0 unspecified atom stereocenters. The summed E-state index contributed by atoms with van der Waals surface area (Å²) in [5.41, 5.74) is 5.11. The van der Waals surface area contributed by atoms with Gasteiger partial charge in [0.05, 0.1) is 5.56 Å². The van der Waals surface area contributed by atoms with E-state index in [1.54, 1.807) is 12.4 Å². The third kappa shape index (κ3) is 2.65. The predicted molar refractivity (Wildman–Crippen MR) is 96.2 cm³/mol. The number of aromatic nitrogens is 3. The molecule has 3 aromatic rings. The van der Waals surface area contributed by atoms with Crippen LogP contribution in [0.15, 0.2) is 36.7 Å². The van der Waals surface area contributed by atoms with Gasteiger partial charge in [-0.15, -0.1) is 10.2 Å². The van der Waals surface area contributed by atoms with Gasteiger partial charge in [0, 0.05) is 11.8 Å². The summed E-state index contributed by atoms with van der Waals surface area (Å²) in [6.07, 6.45) is 5.10. The first-order valence-electron chi connectivity index (χ1n) is 8.63. The van der Waals surface area contributed by atoms with E-state index in [2.05, 4.69) is 28.4 Å². The maximum atomic E-state index is 10.4. The zero-order valence-electron chi connectivity index (χ0n) is 14.4. The fourth-order valence-electron chi connectivity index (χ4n) is 3.55. The third-order valence-electron chi connectivity index (χ3n) is 4.92. The minimum Gasteiger partial charge on any atom is -0.508 e. The summed E-state index contributed by atoms with van der Waals surface area (Å²) in [6, 6.07) is 9.58. The van der Waals surface area contributed by atoms with Crippen molar-refractivity contribution < 1.29 is 10.2 Å². The summed E-state index contributed by atoms with van der Waals surface area (Å²) < 4.78 is 1.88. The summed E-state index contributed by atoms with van der Waals surface area (Å²) in [6.45, 7) is 4.00. The molecule has 0 bridgehead atoms. The maximum absolute atomic E-state index is 10.4. The first-order valence-corrected chi connectivity index (χ1v) is 8.63. The number of fused-ring (bicyclic) bond motifs is 1. The molecule has 1 aromatic heterocycles. The van der Waals surface area contributed by atoms with Crippen molar-refractivity contribution in [2.24, 2.45) is 0 Å². The fraction of sp³-hybridized carbons (Fsp3) is 0.300. The molecule has 2 N–H and O–H groups in total. The normalized spacial score (nSPS) is 13.4. The SMILES string of the molecule is CC(C)c1cc(-c2nncn2-c2ccc3c(c2)CCC3)c(O)cc1O. The molecule has 1 heterocycles. The van der Waals surface area contributed by atoms with Gasteiger partial charge in [-0.2, -0.15) is 0 Å². The van der Waals surface area contributed by atoms with E-state index >= 15 is 0 Å². The minimum absolute atomic E-state index is 0.00249. The number of aryl methyl sites for hydroxylation is 2. The standard InChI is InChI=1S/C20H21N3O2/c1-12(2)16-9-17(19(25)10-18(16)24)20-22-21-11-23(20)15-7-6-13-4-3-5-14(13)8-15/h6-12,24-25H,3-5H2,1-2H3. The Labute approximate surface area is 146 Å². The van der Waals surface area contributed by atoms with Crippen LogP contribution in [0.25, 0.3) is 17.1 Å². The molecule has 2 aromatic carbocycles. The van der Waals surface area contributed by atoms with Crippen molar-refractivity contribution in [2.75, 3.05) is 0 Å². The number of phenolic OH excluding ortho intramolecular Hbond substituents is 2. The van der Waals surface area contributed by atoms with E-state index in [9.17, 15) is 10.2 Å². The quantitative estimate of drug-likeness (QED) is 0.760. The fourth-order valence-corrected chi connectivity index (χ4v) is 3.55. The van der Waals surface area contributed by atoms with E-state index in [-0.39, 0.29) is 17.4 Å². The van der Waals surface area contributed by atoms with Gasteiger partial charge >= 0.3 is 0 Å². The Morgan fingerprint density at radius 1 is 1.00 bits per heavy atom. The molecule has 1 aliphatic carbocycles. The Kier molecular flexibility index (Phi) is 3.71. The Morgan fingerprint density at radius 3 is 2.60 bits per heavy atom. The van der Waals surface area contributed by atoms with Gasteiger partial charge < -0.3 is 10.2 Å². The zero-order valence-corrected chi connectivity index (χ0v) is 14.4. The molecule has 5 nitrogen and oxygen atoms in total. The van der Waals surface area contributed by atoms with Gasteiger partial charge in [0.15, 0.2) is 5.82 Å². The molecule has 0 aliphatic heterocycles. The van der Waals surface area contributed by atoms with Crippen LogP contribution in [0.5, 0.6) is 11.5 Å². The van der Waals surface area contributed by atoms with E-state index in [1.165, 1.54) is 23.6 Å². The van der Waals surface area contributed by atoms with Crippen LogP contribution in [-0.4, -0.2) is 25.0 Å². The number of rotatable bonds is 3. The number of hydrogen-bond donors (Lipinski definition) is 2. The van der Waals surface area contributed by atoms with Crippen LogP contribution in [0.4, 0.5) is 0 Å². The number of aromatic hydroxyl groups is 2. The summed E-state index contributed by atoms with van der Waals surface area (Å²) in [4.78, 5) is 0.